The molecule has 2 bridgehead atoms. The fraction of sp³-hybridized carbons (Fsp3) is 0.316. The van der Waals surface area contributed by atoms with Crippen LogP contribution in [0.1, 0.15) is 24.8 Å². The molecule has 3 aromatic rings. The van der Waals surface area contributed by atoms with Crippen molar-refractivity contribution < 1.29 is 12.6 Å². The molecule has 6 rings (SSSR count). The Bertz CT molecular complexity index is 1030. The van der Waals surface area contributed by atoms with Crippen LogP contribution in [0.25, 0.3) is 21.7 Å². The van der Waals surface area contributed by atoms with E-state index in [9.17, 15) is 9.90 Å². The van der Waals surface area contributed by atoms with Crippen LogP contribution in [0.15, 0.2) is 45.6 Å². The third-order valence-corrected chi connectivity index (χ3v) is 6.12. The van der Waals surface area contributed by atoms with E-state index < -0.39 is 0 Å². The SMILES string of the molecule is O=c1oc2cc(O)ccc2c2ccc(C34CC(COI)(C3)C4)cc12. The Balaban J connectivity index is 1.63. The second kappa shape index (κ2) is 4.73. The fourth-order valence-electron chi connectivity index (χ4n) is 4.82. The summed E-state index contributed by atoms with van der Waals surface area (Å²) in [5.74, 6) is 0.0956. The van der Waals surface area contributed by atoms with E-state index in [1.54, 1.807) is 12.1 Å². The molecule has 3 aliphatic carbocycles. The Morgan fingerprint density at radius 2 is 1.83 bits per heavy atom. The van der Waals surface area contributed by atoms with Gasteiger partial charge in [0, 0.05) is 11.5 Å². The first-order valence-corrected chi connectivity index (χ1v) is 8.86. The van der Waals surface area contributed by atoms with E-state index in [-0.39, 0.29) is 16.8 Å². The highest BCUT2D eigenvalue weighted by molar-refractivity contribution is 14.1. The van der Waals surface area contributed by atoms with Crippen LogP contribution >= 0.6 is 23.0 Å². The number of benzene rings is 2. The predicted molar refractivity (Wildman–Crippen MR) is 99.6 cm³/mol. The lowest BCUT2D eigenvalue weighted by Gasteiger charge is -2.71. The van der Waals surface area contributed by atoms with Crippen LogP contribution in [-0.2, 0) is 8.48 Å². The second-order valence-electron chi connectivity index (χ2n) is 7.39. The summed E-state index contributed by atoms with van der Waals surface area (Å²) in [6.07, 6.45) is 3.42. The zero-order chi connectivity index (χ0) is 16.5. The average Bonchev–Trinajstić information content (AvgIpc) is 2.49. The monoisotopic (exact) mass is 434 g/mol. The van der Waals surface area contributed by atoms with Gasteiger partial charge in [-0.1, -0.05) is 12.1 Å². The van der Waals surface area contributed by atoms with Crippen LogP contribution in [0.4, 0.5) is 0 Å². The van der Waals surface area contributed by atoms with Gasteiger partial charge in [-0.15, -0.1) is 0 Å². The fourth-order valence-corrected chi connectivity index (χ4v) is 5.48. The summed E-state index contributed by atoms with van der Waals surface area (Å²) >= 11 is 1.97. The van der Waals surface area contributed by atoms with E-state index in [4.69, 9.17) is 7.48 Å². The number of phenols is 1. The van der Waals surface area contributed by atoms with Gasteiger partial charge in [0.1, 0.15) is 34.3 Å². The topological polar surface area (TPSA) is 59.7 Å². The van der Waals surface area contributed by atoms with Crippen LogP contribution in [0, 0.1) is 5.41 Å². The molecule has 1 N–H and O–H groups in total. The molecule has 24 heavy (non-hydrogen) atoms. The minimum absolute atomic E-state index is 0.0956. The molecule has 2 aromatic carbocycles. The van der Waals surface area contributed by atoms with E-state index in [0.29, 0.717) is 16.4 Å². The molecule has 4 nitrogen and oxygen atoms in total. The molecule has 122 valence electrons. The van der Waals surface area contributed by atoms with Crippen LogP contribution in [0.3, 0.4) is 0 Å². The van der Waals surface area contributed by atoms with Gasteiger partial charge >= 0.3 is 5.63 Å². The molecule has 0 atom stereocenters. The van der Waals surface area contributed by atoms with Crippen LogP contribution in [-0.4, -0.2) is 11.7 Å². The Kier molecular flexibility index (Phi) is 2.90. The van der Waals surface area contributed by atoms with Gasteiger partial charge in [-0.3, -0.25) is 0 Å². The minimum atomic E-state index is -0.346. The lowest BCUT2D eigenvalue weighted by atomic mass is 9.34. The van der Waals surface area contributed by atoms with Crippen molar-refractivity contribution in [2.24, 2.45) is 5.41 Å². The summed E-state index contributed by atoms with van der Waals surface area (Å²) in [4.78, 5) is 12.4. The maximum atomic E-state index is 12.4. The average molecular weight is 434 g/mol. The van der Waals surface area contributed by atoms with Crippen molar-refractivity contribution in [3.05, 3.63) is 52.4 Å². The number of hydrogen-bond acceptors (Lipinski definition) is 4. The molecule has 0 amide bonds. The lowest BCUT2D eigenvalue weighted by molar-refractivity contribution is -0.156. The zero-order valence-electron chi connectivity index (χ0n) is 12.8. The summed E-state index contributed by atoms with van der Waals surface area (Å²) < 4.78 is 10.7. The Hall–Kier alpha value is -1.60. The maximum absolute atomic E-state index is 12.4. The van der Waals surface area contributed by atoms with Crippen molar-refractivity contribution in [2.45, 2.75) is 24.7 Å². The standard InChI is InChI=1S/C19H15IO4/c20-23-10-18-7-19(8-18,9-18)11-1-3-13-14-4-2-12(21)6-16(14)24-17(22)15(13)5-11/h1-6,21H,7-10H2. The Morgan fingerprint density at radius 3 is 2.58 bits per heavy atom. The molecular weight excluding hydrogens is 419 g/mol. The molecule has 0 spiro atoms. The highest BCUT2D eigenvalue weighted by Crippen LogP contribution is 2.73. The first-order chi connectivity index (χ1) is 11.5. The molecule has 5 heteroatoms. The van der Waals surface area contributed by atoms with E-state index in [0.717, 1.165) is 36.6 Å². The largest absolute Gasteiger partial charge is 0.508 e. The molecule has 0 unspecified atom stereocenters. The number of rotatable bonds is 3. The van der Waals surface area contributed by atoms with Gasteiger partial charge in [0.25, 0.3) is 0 Å². The van der Waals surface area contributed by atoms with Crippen molar-refractivity contribution in [2.75, 3.05) is 6.61 Å². The number of phenolic OH excluding ortho intramolecular Hbond substituents is 1. The van der Waals surface area contributed by atoms with Gasteiger partial charge < -0.3 is 12.6 Å². The second-order valence-corrected chi connectivity index (χ2v) is 8.02. The van der Waals surface area contributed by atoms with Gasteiger partial charge in [0.15, 0.2) is 0 Å². The number of aromatic hydroxyl groups is 1. The number of hydrogen-bond donors (Lipinski definition) is 1. The first-order valence-electron chi connectivity index (χ1n) is 7.98. The first kappa shape index (κ1) is 14.7. The van der Waals surface area contributed by atoms with Gasteiger partial charge in [-0.2, -0.15) is 0 Å². The summed E-state index contributed by atoms with van der Waals surface area (Å²) in [5, 5.41) is 11.9. The number of halogens is 1. The Morgan fingerprint density at radius 1 is 1.08 bits per heavy atom. The van der Waals surface area contributed by atoms with Crippen molar-refractivity contribution in [1.29, 1.82) is 0 Å². The van der Waals surface area contributed by atoms with E-state index >= 15 is 0 Å². The third-order valence-electron chi connectivity index (χ3n) is 5.81. The maximum Gasteiger partial charge on any atom is 0.344 e. The summed E-state index contributed by atoms with van der Waals surface area (Å²) in [6, 6.07) is 11.1. The molecule has 3 aliphatic rings. The highest BCUT2D eigenvalue weighted by atomic mass is 127. The number of fused-ring (bicyclic) bond motifs is 3. The van der Waals surface area contributed by atoms with Crippen LogP contribution in [0.5, 0.6) is 5.75 Å². The van der Waals surface area contributed by atoms with Crippen LogP contribution < -0.4 is 5.63 Å². The van der Waals surface area contributed by atoms with Gasteiger partial charge in [-0.05, 0) is 59.2 Å². The quantitative estimate of drug-likeness (QED) is 0.376. The third kappa shape index (κ3) is 1.85. The minimum Gasteiger partial charge on any atom is -0.508 e. The normalized spacial score (nSPS) is 27.9. The molecule has 3 fully saturated rings. The van der Waals surface area contributed by atoms with E-state index in [1.807, 2.05) is 35.1 Å². The van der Waals surface area contributed by atoms with Crippen molar-refractivity contribution in [1.82, 2.24) is 0 Å². The highest BCUT2D eigenvalue weighted by Gasteiger charge is 2.68. The van der Waals surface area contributed by atoms with Crippen LogP contribution in [0.2, 0.25) is 0 Å². The van der Waals surface area contributed by atoms with Gasteiger partial charge in [0.05, 0.1) is 12.0 Å². The molecular formula is C19H15IO4. The zero-order valence-corrected chi connectivity index (χ0v) is 15.0. The van der Waals surface area contributed by atoms with Gasteiger partial charge in [-0.25, -0.2) is 4.79 Å². The lowest BCUT2D eigenvalue weighted by Crippen LogP contribution is -2.66. The van der Waals surface area contributed by atoms with Crippen molar-refractivity contribution in [3.8, 4) is 5.75 Å². The molecule has 1 aromatic heterocycles. The van der Waals surface area contributed by atoms with E-state index in [2.05, 4.69) is 6.07 Å². The summed E-state index contributed by atoms with van der Waals surface area (Å²) in [6.45, 7) is 0.819. The summed E-state index contributed by atoms with van der Waals surface area (Å²) in [7, 11) is 0. The summed E-state index contributed by atoms with van der Waals surface area (Å²) in [5.41, 5.74) is 1.89. The smallest absolute Gasteiger partial charge is 0.344 e. The molecule has 0 aliphatic heterocycles. The molecule has 1 heterocycles. The molecule has 0 saturated heterocycles. The molecule has 3 saturated carbocycles. The predicted octanol–water partition coefficient (Wildman–Crippen LogP) is 4.44. The van der Waals surface area contributed by atoms with Crippen molar-refractivity contribution in [3.63, 3.8) is 0 Å². The molecule has 0 radical (unpaired) electrons. The Labute approximate surface area is 152 Å². The van der Waals surface area contributed by atoms with Gasteiger partial charge in [0.2, 0.25) is 0 Å². The van der Waals surface area contributed by atoms with E-state index in [1.165, 1.54) is 11.6 Å². The van der Waals surface area contributed by atoms with Crippen molar-refractivity contribution >= 4 is 44.7 Å².